The summed E-state index contributed by atoms with van der Waals surface area (Å²) < 4.78 is 0. The van der Waals surface area contributed by atoms with E-state index in [1.165, 1.54) is 16.2 Å². The zero-order valence-corrected chi connectivity index (χ0v) is 9.79. The van der Waals surface area contributed by atoms with Gasteiger partial charge in [-0.05, 0) is 0 Å². The molecule has 88 valence electrons. The number of thiazole rings is 1. The standard InChI is InChI=1S/C9H14N4O2S/c1-13(4-7-5-16-6-12-7)9(15)3-11-8(14)2-10/h5-6H,2-4,10H2,1H3,(H,11,14). The number of nitrogens with two attached hydrogens (primary N) is 1. The van der Waals surface area contributed by atoms with Gasteiger partial charge in [-0.25, -0.2) is 4.98 Å². The minimum absolute atomic E-state index is 0.0311. The maximum Gasteiger partial charge on any atom is 0.242 e. The van der Waals surface area contributed by atoms with Crippen LogP contribution in [0.1, 0.15) is 5.69 Å². The highest BCUT2D eigenvalue weighted by atomic mass is 32.1. The molecule has 0 aliphatic rings. The van der Waals surface area contributed by atoms with E-state index in [1.54, 1.807) is 12.6 Å². The van der Waals surface area contributed by atoms with Gasteiger partial charge < -0.3 is 16.0 Å². The molecule has 0 fully saturated rings. The molecular weight excluding hydrogens is 228 g/mol. The van der Waals surface area contributed by atoms with Crippen molar-refractivity contribution in [2.75, 3.05) is 20.1 Å². The molecule has 0 unspecified atom stereocenters. The third-order valence-electron chi connectivity index (χ3n) is 1.93. The first kappa shape index (κ1) is 12.6. The van der Waals surface area contributed by atoms with Crippen molar-refractivity contribution in [3.8, 4) is 0 Å². The van der Waals surface area contributed by atoms with Crippen molar-refractivity contribution in [2.45, 2.75) is 6.54 Å². The molecule has 6 nitrogen and oxygen atoms in total. The number of nitrogens with one attached hydrogen (secondary N) is 1. The van der Waals surface area contributed by atoms with Crippen LogP contribution in [-0.2, 0) is 16.1 Å². The summed E-state index contributed by atoms with van der Waals surface area (Å²) in [6, 6.07) is 0. The Morgan fingerprint density at radius 3 is 2.94 bits per heavy atom. The fraction of sp³-hybridized carbons (Fsp3) is 0.444. The number of nitrogens with zero attached hydrogens (tertiary/aromatic N) is 2. The first-order valence-electron chi connectivity index (χ1n) is 4.71. The van der Waals surface area contributed by atoms with Crippen LogP contribution in [0.3, 0.4) is 0 Å². The first-order valence-corrected chi connectivity index (χ1v) is 5.65. The highest BCUT2D eigenvalue weighted by Gasteiger charge is 2.10. The first-order chi connectivity index (χ1) is 7.63. The van der Waals surface area contributed by atoms with E-state index in [9.17, 15) is 9.59 Å². The normalized spacial score (nSPS) is 9.88. The van der Waals surface area contributed by atoms with Crippen LogP contribution in [-0.4, -0.2) is 41.8 Å². The molecule has 1 rings (SSSR count). The number of carbonyl (C=O) groups excluding carboxylic acids is 2. The van der Waals surface area contributed by atoms with E-state index < -0.39 is 0 Å². The van der Waals surface area contributed by atoms with Crippen molar-refractivity contribution in [3.63, 3.8) is 0 Å². The smallest absolute Gasteiger partial charge is 0.242 e. The summed E-state index contributed by atoms with van der Waals surface area (Å²) in [5, 5.41) is 4.30. The molecular formula is C9H14N4O2S. The van der Waals surface area contributed by atoms with E-state index in [2.05, 4.69) is 10.3 Å². The van der Waals surface area contributed by atoms with Crippen LogP contribution in [0, 0.1) is 0 Å². The lowest BCUT2D eigenvalue weighted by molar-refractivity contribution is -0.132. The van der Waals surface area contributed by atoms with Crippen molar-refractivity contribution in [2.24, 2.45) is 5.73 Å². The molecule has 2 amide bonds. The van der Waals surface area contributed by atoms with Crippen LogP contribution in [0.4, 0.5) is 0 Å². The Morgan fingerprint density at radius 2 is 2.38 bits per heavy atom. The average Bonchev–Trinajstić information content (AvgIpc) is 2.77. The Kier molecular flexibility index (Phi) is 4.87. The predicted molar refractivity (Wildman–Crippen MR) is 60.7 cm³/mol. The second kappa shape index (κ2) is 6.19. The van der Waals surface area contributed by atoms with Gasteiger partial charge in [0.25, 0.3) is 0 Å². The van der Waals surface area contributed by atoms with E-state index >= 15 is 0 Å². The Morgan fingerprint density at radius 1 is 1.62 bits per heavy atom. The Balaban J connectivity index is 2.33. The summed E-state index contributed by atoms with van der Waals surface area (Å²) >= 11 is 1.48. The molecule has 0 radical (unpaired) electrons. The van der Waals surface area contributed by atoms with Crippen molar-refractivity contribution in [3.05, 3.63) is 16.6 Å². The number of hydrogen-bond acceptors (Lipinski definition) is 5. The van der Waals surface area contributed by atoms with Gasteiger partial charge in [0.15, 0.2) is 0 Å². The molecule has 0 aromatic carbocycles. The zero-order chi connectivity index (χ0) is 12.0. The third kappa shape index (κ3) is 3.95. The largest absolute Gasteiger partial charge is 0.346 e. The zero-order valence-electron chi connectivity index (χ0n) is 8.97. The lowest BCUT2D eigenvalue weighted by Crippen LogP contribution is -2.40. The Hall–Kier alpha value is -1.47. The van der Waals surface area contributed by atoms with E-state index in [-0.39, 0.29) is 24.9 Å². The lowest BCUT2D eigenvalue weighted by atomic mass is 10.4. The van der Waals surface area contributed by atoms with Gasteiger partial charge >= 0.3 is 0 Å². The molecule has 1 aromatic heterocycles. The number of aromatic nitrogens is 1. The number of hydrogen-bond donors (Lipinski definition) is 2. The topological polar surface area (TPSA) is 88.3 Å². The summed E-state index contributed by atoms with van der Waals surface area (Å²) in [4.78, 5) is 27.9. The molecule has 1 heterocycles. The van der Waals surface area contributed by atoms with Gasteiger partial charge in [0.05, 0.1) is 30.8 Å². The average molecular weight is 242 g/mol. The lowest BCUT2D eigenvalue weighted by Gasteiger charge is -2.15. The van der Waals surface area contributed by atoms with Gasteiger partial charge in [-0.2, -0.15) is 0 Å². The van der Waals surface area contributed by atoms with Gasteiger partial charge in [0.1, 0.15) is 0 Å². The van der Waals surface area contributed by atoms with Crippen molar-refractivity contribution in [1.82, 2.24) is 15.2 Å². The Bertz CT molecular complexity index is 352. The quantitative estimate of drug-likeness (QED) is 0.706. The van der Waals surface area contributed by atoms with Crippen LogP contribution < -0.4 is 11.1 Å². The van der Waals surface area contributed by atoms with Crippen LogP contribution in [0.15, 0.2) is 10.9 Å². The highest BCUT2D eigenvalue weighted by molar-refractivity contribution is 7.07. The molecule has 0 aliphatic carbocycles. The van der Waals surface area contributed by atoms with Gasteiger partial charge in [-0.15, -0.1) is 11.3 Å². The molecule has 16 heavy (non-hydrogen) atoms. The second-order valence-corrected chi connectivity index (χ2v) is 3.93. The summed E-state index contributed by atoms with van der Waals surface area (Å²) in [6.45, 7) is 0.306. The second-order valence-electron chi connectivity index (χ2n) is 3.21. The van der Waals surface area contributed by atoms with Crippen molar-refractivity contribution in [1.29, 1.82) is 0 Å². The van der Waals surface area contributed by atoms with Gasteiger partial charge in [-0.3, -0.25) is 9.59 Å². The summed E-state index contributed by atoms with van der Waals surface area (Å²) in [6.07, 6.45) is 0. The van der Waals surface area contributed by atoms with Crippen LogP contribution in [0.5, 0.6) is 0 Å². The molecule has 0 saturated heterocycles. The fourth-order valence-corrected chi connectivity index (χ4v) is 1.58. The highest BCUT2D eigenvalue weighted by Crippen LogP contribution is 2.03. The molecule has 3 N–H and O–H groups in total. The maximum absolute atomic E-state index is 11.5. The number of rotatable bonds is 5. The molecule has 0 bridgehead atoms. The van der Waals surface area contributed by atoms with Crippen LogP contribution in [0.25, 0.3) is 0 Å². The molecule has 0 aliphatic heterocycles. The monoisotopic (exact) mass is 242 g/mol. The summed E-state index contributed by atoms with van der Waals surface area (Å²) in [5.41, 5.74) is 7.65. The summed E-state index contributed by atoms with van der Waals surface area (Å²) in [7, 11) is 1.66. The van der Waals surface area contributed by atoms with E-state index in [0.29, 0.717) is 6.54 Å². The number of amides is 2. The van der Waals surface area contributed by atoms with Gasteiger partial charge in [0.2, 0.25) is 11.8 Å². The van der Waals surface area contributed by atoms with Crippen LogP contribution >= 0.6 is 11.3 Å². The minimum Gasteiger partial charge on any atom is -0.346 e. The van der Waals surface area contributed by atoms with Crippen molar-refractivity contribution >= 4 is 23.2 Å². The van der Waals surface area contributed by atoms with E-state index in [4.69, 9.17) is 5.73 Å². The molecule has 0 saturated carbocycles. The van der Waals surface area contributed by atoms with Crippen molar-refractivity contribution < 1.29 is 9.59 Å². The number of carbonyl (C=O) groups is 2. The maximum atomic E-state index is 11.5. The SMILES string of the molecule is CN(Cc1cscn1)C(=O)CNC(=O)CN. The van der Waals surface area contributed by atoms with Gasteiger partial charge in [-0.1, -0.05) is 0 Å². The third-order valence-corrected chi connectivity index (χ3v) is 2.57. The van der Waals surface area contributed by atoms with Gasteiger partial charge in [0, 0.05) is 12.4 Å². The molecule has 0 spiro atoms. The Labute approximate surface area is 97.5 Å². The molecule has 0 atom stereocenters. The minimum atomic E-state index is -0.338. The fourth-order valence-electron chi connectivity index (χ4n) is 1.03. The molecule has 7 heteroatoms. The predicted octanol–water partition coefficient (Wildman–Crippen LogP) is -0.824. The molecule has 1 aromatic rings. The van der Waals surface area contributed by atoms with E-state index in [1.807, 2.05) is 5.38 Å². The summed E-state index contributed by atoms with van der Waals surface area (Å²) in [5.74, 6) is -0.509. The van der Waals surface area contributed by atoms with E-state index in [0.717, 1.165) is 5.69 Å². The number of likely N-dealkylation sites (N-methyl/N-ethyl adjacent to an activating group) is 1. The van der Waals surface area contributed by atoms with Crippen LogP contribution in [0.2, 0.25) is 0 Å².